The molecule has 20 heavy (non-hydrogen) atoms. The zero-order valence-electron chi connectivity index (χ0n) is 12.8. The van der Waals surface area contributed by atoms with E-state index in [-0.39, 0.29) is 12.1 Å². The van der Waals surface area contributed by atoms with Crippen LogP contribution >= 0.6 is 0 Å². The lowest BCUT2D eigenvalue weighted by Gasteiger charge is -2.36. The summed E-state index contributed by atoms with van der Waals surface area (Å²) in [6.07, 6.45) is 10.5. The normalized spacial score (nSPS) is 25.9. The quantitative estimate of drug-likeness (QED) is 0.756. The van der Waals surface area contributed by atoms with E-state index >= 15 is 0 Å². The van der Waals surface area contributed by atoms with Crippen LogP contribution in [0.2, 0.25) is 0 Å². The second-order valence-electron chi connectivity index (χ2n) is 7.00. The van der Waals surface area contributed by atoms with Gasteiger partial charge in [0.15, 0.2) is 0 Å². The van der Waals surface area contributed by atoms with Crippen molar-refractivity contribution >= 4 is 10.2 Å². The van der Waals surface area contributed by atoms with E-state index in [1.807, 2.05) is 7.05 Å². The van der Waals surface area contributed by atoms with Crippen molar-refractivity contribution in [3.63, 3.8) is 0 Å². The molecule has 0 aromatic rings. The number of hydrogen-bond donors (Lipinski definition) is 0. The predicted molar refractivity (Wildman–Crippen MR) is 80.6 cm³/mol. The van der Waals surface area contributed by atoms with Crippen molar-refractivity contribution in [2.24, 2.45) is 11.8 Å². The summed E-state index contributed by atoms with van der Waals surface area (Å²) in [6, 6.07) is 0.487. The molecule has 0 unspecified atom stereocenters. The molecule has 5 heteroatoms. The van der Waals surface area contributed by atoms with Gasteiger partial charge in [0, 0.05) is 26.2 Å². The van der Waals surface area contributed by atoms with Crippen LogP contribution in [0, 0.1) is 11.8 Å². The molecule has 0 N–H and O–H groups in total. The Kier molecular flexibility index (Phi) is 4.13. The molecule has 3 aliphatic carbocycles. The Morgan fingerprint density at radius 1 is 0.850 bits per heavy atom. The summed E-state index contributed by atoms with van der Waals surface area (Å²) >= 11 is 0. The highest BCUT2D eigenvalue weighted by molar-refractivity contribution is 7.86. The van der Waals surface area contributed by atoms with E-state index in [9.17, 15) is 8.42 Å². The van der Waals surface area contributed by atoms with Gasteiger partial charge >= 0.3 is 0 Å². The van der Waals surface area contributed by atoms with E-state index in [2.05, 4.69) is 0 Å². The van der Waals surface area contributed by atoms with Crippen LogP contribution in [0.3, 0.4) is 0 Å². The summed E-state index contributed by atoms with van der Waals surface area (Å²) < 4.78 is 29.2. The summed E-state index contributed by atoms with van der Waals surface area (Å²) in [7, 11) is 0.325. The molecule has 116 valence electrons. The highest BCUT2D eigenvalue weighted by atomic mass is 32.2. The molecule has 0 aromatic carbocycles. The van der Waals surface area contributed by atoms with Gasteiger partial charge in [-0.05, 0) is 50.4 Å². The van der Waals surface area contributed by atoms with Crippen LogP contribution < -0.4 is 0 Å². The first-order valence-corrected chi connectivity index (χ1v) is 9.62. The Morgan fingerprint density at radius 3 is 1.80 bits per heavy atom. The average molecular weight is 300 g/mol. The first-order valence-electron chi connectivity index (χ1n) is 8.23. The van der Waals surface area contributed by atoms with Gasteiger partial charge < -0.3 is 0 Å². The minimum absolute atomic E-state index is 0.218. The summed E-state index contributed by atoms with van der Waals surface area (Å²) in [5, 5.41) is 0. The fourth-order valence-corrected chi connectivity index (χ4v) is 5.49. The Morgan fingerprint density at radius 2 is 1.35 bits per heavy atom. The fourth-order valence-electron chi connectivity index (χ4n) is 3.84. The maximum atomic E-state index is 12.9. The lowest BCUT2D eigenvalue weighted by Crippen LogP contribution is -2.50. The van der Waals surface area contributed by atoms with Crippen LogP contribution in [0.15, 0.2) is 0 Å². The van der Waals surface area contributed by atoms with Crippen molar-refractivity contribution in [1.82, 2.24) is 8.61 Å². The van der Waals surface area contributed by atoms with Gasteiger partial charge in [-0.25, -0.2) is 0 Å². The Labute approximate surface area is 123 Å². The Bertz CT molecular complexity index is 425. The van der Waals surface area contributed by atoms with Gasteiger partial charge in [0.2, 0.25) is 0 Å². The lowest BCUT2D eigenvalue weighted by molar-refractivity contribution is 0.239. The van der Waals surface area contributed by atoms with Crippen molar-refractivity contribution in [2.45, 2.75) is 69.9 Å². The monoisotopic (exact) mass is 300 g/mol. The largest absolute Gasteiger partial charge is 0.281 e. The van der Waals surface area contributed by atoms with Gasteiger partial charge in [-0.15, -0.1) is 0 Å². The third-order valence-electron chi connectivity index (χ3n) is 5.45. The minimum Gasteiger partial charge on any atom is -0.195 e. The van der Waals surface area contributed by atoms with Gasteiger partial charge in [-0.2, -0.15) is 17.0 Å². The van der Waals surface area contributed by atoms with Crippen LogP contribution in [-0.2, 0) is 10.2 Å². The van der Waals surface area contributed by atoms with Crippen LogP contribution in [0.5, 0.6) is 0 Å². The third kappa shape index (κ3) is 2.90. The maximum absolute atomic E-state index is 12.9. The molecule has 3 saturated carbocycles. The zero-order valence-corrected chi connectivity index (χ0v) is 13.6. The van der Waals surface area contributed by atoms with Crippen molar-refractivity contribution in [3.05, 3.63) is 0 Å². The zero-order chi connectivity index (χ0) is 14.3. The summed E-state index contributed by atoms with van der Waals surface area (Å²) in [6.45, 7) is 0. The standard InChI is InChI=1S/C15H28N2O2S/c1-16(14-6-4-3-5-7-14)20(18,19)17(2)15(12-8-9-12)13-10-11-13/h12-15H,3-11H2,1-2H3. The molecule has 0 spiro atoms. The summed E-state index contributed by atoms with van der Waals surface area (Å²) in [4.78, 5) is 0. The van der Waals surface area contributed by atoms with Gasteiger partial charge in [0.25, 0.3) is 10.2 Å². The van der Waals surface area contributed by atoms with Gasteiger partial charge in [0.1, 0.15) is 0 Å². The van der Waals surface area contributed by atoms with Gasteiger partial charge in [0.05, 0.1) is 0 Å². The molecule has 0 radical (unpaired) electrons. The Hall–Kier alpha value is -0.130. The van der Waals surface area contributed by atoms with Crippen molar-refractivity contribution in [3.8, 4) is 0 Å². The predicted octanol–water partition coefficient (Wildman–Crippen LogP) is 2.62. The smallest absolute Gasteiger partial charge is 0.195 e. The van der Waals surface area contributed by atoms with Crippen molar-refractivity contribution < 1.29 is 8.42 Å². The molecule has 0 saturated heterocycles. The first kappa shape index (κ1) is 14.8. The van der Waals surface area contributed by atoms with Crippen LogP contribution in [0.1, 0.15) is 57.8 Å². The first-order chi connectivity index (χ1) is 9.51. The van der Waals surface area contributed by atoms with E-state index in [4.69, 9.17) is 0 Å². The molecular weight excluding hydrogens is 272 g/mol. The number of nitrogens with zero attached hydrogens (tertiary/aromatic N) is 2. The van der Waals surface area contributed by atoms with E-state index < -0.39 is 10.2 Å². The minimum atomic E-state index is -3.28. The van der Waals surface area contributed by atoms with E-state index in [0.29, 0.717) is 11.8 Å². The molecule has 0 atom stereocenters. The summed E-state index contributed by atoms with van der Waals surface area (Å²) in [5.74, 6) is 1.25. The average Bonchev–Trinajstić information content (AvgIpc) is 3.33. The molecule has 4 nitrogen and oxygen atoms in total. The molecule has 3 aliphatic rings. The molecule has 0 amide bonds. The summed E-state index contributed by atoms with van der Waals surface area (Å²) in [5.41, 5.74) is 0. The van der Waals surface area contributed by atoms with Gasteiger partial charge in [-0.1, -0.05) is 19.3 Å². The fraction of sp³-hybridized carbons (Fsp3) is 1.00. The van der Waals surface area contributed by atoms with Crippen molar-refractivity contribution in [1.29, 1.82) is 0 Å². The Balaban J connectivity index is 1.71. The second-order valence-corrected chi connectivity index (χ2v) is 9.05. The molecular formula is C15H28N2O2S. The van der Waals surface area contributed by atoms with Crippen LogP contribution in [0.4, 0.5) is 0 Å². The van der Waals surface area contributed by atoms with E-state index in [1.165, 1.54) is 44.9 Å². The maximum Gasteiger partial charge on any atom is 0.281 e. The SMILES string of the molecule is CN(C1CCCCC1)S(=O)(=O)N(C)C(C1CC1)C1CC1. The number of hydrogen-bond acceptors (Lipinski definition) is 2. The van der Waals surface area contributed by atoms with Crippen LogP contribution in [-0.4, -0.2) is 43.2 Å². The molecule has 0 bridgehead atoms. The highest BCUT2D eigenvalue weighted by Crippen LogP contribution is 2.47. The highest BCUT2D eigenvalue weighted by Gasteiger charge is 2.48. The molecule has 0 heterocycles. The lowest BCUT2D eigenvalue weighted by atomic mass is 9.96. The second kappa shape index (κ2) is 5.58. The third-order valence-corrected chi connectivity index (χ3v) is 7.44. The molecule has 3 fully saturated rings. The van der Waals surface area contributed by atoms with Crippen molar-refractivity contribution in [2.75, 3.05) is 14.1 Å². The van der Waals surface area contributed by atoms with Crippen LogP contribution in [0.25, 0.3) is 0 Å². The molecule has 0 aromatic heterocycles. The van der Waals surface area contributed by atoms with E-state index in [0.717, 1.165) is 12.8 Å². The number of rotatable bonds is 6. The van der Waals surface area contributed by atoms with Gasteiger partial charge in [-0.3, -0.25) is 0 Å². The topological polar surface area (TPSA) is 40.6 Å². The molecule has 0 aliphatic heterocycles. The molecule has 3 rings (SSSR count). The van der Waals surface area contributed by atoms with E-state index in [1.54, 1.807) is 15.7 Å².